The number of H-pyrrole nitrogens is 1. The van der Waals surface area contributed by atoms with Crippen LogP contribution in [0.2, 0.25) is 0 Å². The molecule has 14 heavy (non-hydrogen) atoms. The zero-order chi connectivity index (χ0) is 9.97. The van der Waals surface area contributed by atoms with E-state index in [0.29, 0.717) is 5.69 Å². The van der Waals surface area contributed by atoms with Crippen LogP contribution in [-0.4, -0.2) is 40.1 Å². The molecule has 2 rings (SSSR count). The molecule has 0 radical (unpaired) electrons. The highest BCUT2D eigenvalue weighted by Crippen LogP contribution is 2.10. The van der Waals surface area contributed by atoms with Crippen molar-refractivity contribution in [1.82, 2.24) is 15.1 Å². The summed E-state index contributed by atoms with van der Waals surface area (Å²) in [5.41, 5.74) is 6.31. The van der Waals surface area contributed by atoms with E-state index in [1.165, 1.54) is 0 Å². The lowest BCUT2D eigenvalue weighted by Gasteiger charge is -2.29. The van der Waals surface area contributed by atoms with Crippen LogP contribution in [0.1, 0.15) is 23.3 Å². The Balaban J connectivity index is 1.99. The van der Waals surface area contributed by atoms with Gasteiger partial charge in [-0.15, -0.1) is 0 Å². The molecule has 1 aliphatic rings. The Morgan fingerprint density at radius 2 is 2.29 bits per heavy atom. The first-order valence-electron chi connectivity index (χ1n) is 4.81. The van der Waals surface area contributed by atoms with Gasteiger partial charge in [0.1, 0.15) is 5.69 Å². The van der Waals surface area contributed by atoms with Crippen LogP contribution in [0.15, 0.2) is 12.3 Å². The van der Waals surface area contributed by atoms with Crippen LogP contribution in [0.25, 0.3) is 0 Å². The smallest absolute Gasteiger partial charge is 0.271 e. The van der Waals surface area contributed by atoms with E-state index < -0.39 is 0 Å². The van der Waals surface area contributed by atoms with Gasteiger partial charge < -0.3 is 10.6 Å². The van der Waals surface area contributed by atoms with Crippen molar-refractivity contribution in [2.24, 2.45) is 5.73 Å². The monoisotopic (exact) mass is 194 g/mol. The minimum absolute atomic E-state index is 0.0226. The summed E-state index contributed by atoms with van der Waals surface area (Å²) in [6.07, 6.45) is 3.36. The van der Waals surface area contributed by atoms with Gasteiger partial charge in [-0.3, -0.25) is 9.89 Å². The largest absolute Gasteiger partial charge is 0.337 e. The van der Waals surface area contributed by atoms with Crippen molar-refractivity contribution in [1.29, 1.82) is 0 Å². The van der Waals surface area contributed by atoms with Gasteiger partial charge in [0.25, 0.3) is 5.91 Å². The average Bonchev–Trinajstić information content (AvgIpc) is 2.71. The molecule has 76 valence electrons. The lowest BCUT2D eigenvalue weighted by atomic mass is 10.1. The second-order valence-electron chi connectivity index (χ2n) is 3.60. The molecule has 2 heterocycles. The minimum Gasteiger partial charge on any atom is -0.337 e. The molecule has 0 saturated carbocycles. The third-order valence-electron chi connectivity index (χ3n) is 2.56. The van der Waals surface area contributed by atoms with E-state index in [2.05, 4.69) is 10.2 Å². The van der Waals surface area contributed by atoms with Gasteiger partial charge in [-0.1, -0.05) is 0 Å². The van der Waals surface area contributed by atoms with Gasteiger partial charge in [-0.25, -0.2) is 0 Å². The molecule has 1 aliphatic heterocycles. The molecule has 0 spiro atoms. The second-order valence-corrected chi connectivity index (χ2v) is 3.60. The maximum absolute atomic E-state index is 11.8. The van der Waals surface area contributed by atoms with Gasteiger partial charge in [-0.05, 0) is 18.9 Å². The molecule has 1 aromatic heterocycles. The predicted molar refractivity (Wildman–Crippen MR) is 51.7 cm³/mol. The van der Waals surface area contributed by atoms with Gasteiger partial charge in [0.2, 0.25) is 0 Å². The standard InChI is InChI=1S/C9H14N4O/c10-7-2-5-13(6-3-7)9(14)8-1-4-11-12-8/h1,4,7H,2-3,5-6,10H2,(H,11,12). The summed E-state index contributed by atoms with van der Waals surface area (Å²) < 4.78 is 0. The van der Waals surface area contributed by atoms with Crippen LogP contribution >= 0.6 is 0 Å². The lowest BCUT2D eigenvalue weighted by Crippen LogP contribution is -2.42. The number of rotatable bonds is 1. The molecule has 5 nitrogen and oxygen atoms in total. The van der Waals surface area contributed by atoms with Gasteiger partial charge in [0, 0.05) is 25.3 Å². The number of aromatic nitrogens is 2. The van der Waals surface area contributed by atoms with Crippen molar-refractivity contribution in [2.75, 3.05) is 13.1 Å². The zero-order valence-corrected chi connectivity index (χ0v) is 7.94. The first kappa shape index (κ1) is 9.21. The van der Waals surface area contributed by atoms with Crippen molar-refractivity contribution in [3.63, 3.8) is 0 Å². The number of nitrogens with two attached hydrogens (primary N) is 1. The fourth-order valence-electron chi connectivity index (χ4n) is 1.65. The maximum Gasteiger partial charge on any atom is 0.271 e. The molecule has 5 heteroatoms. The van der Waals surface area contributed by atoms with Crippen LogP contribution in [-0.2, 0) is 0 Å². The number of nitrogens with zero attached hydrogens (tertiary/aromatic N) is 2. The Hall–Kier alpha value is -1.36. The Bertz CT molecular complexity index is 301. The second kappa shape index (κ2) is 3.79. The fraction of sp³-hybridized carbons (Fsp3) is 0.556. The summed E-state index contributed by atoms with van der Waals surface area (Å²) in [5.74, 6) is 0.0226. The number of hydrogen-bond acceptors (Lipinski definition) is 3. The van der Waals surface area contributed by atoms with E-state index >= 15 is 0 Å². The zero-order valence-electron chi connectivity index (χ0n) is 7.94. The van der Waals surface area contributed by atoms with E-state index in [-0.39, 0.29) is 11.9 Å². The van der Waals surface area contributed by atoms with Crippen molar-refractivity contribution >= 4 is 5.91 Å². The topological polar surface area (TPSA) is 75.0 Å². The Morgan fingerprint density at radius 1 is 1.57 bits per heavy atom. The first-order valence-corrected chi connectivity index (χ1v) is 4.81. The van der Waals surface area contributed by atoms with Crippen LogP contribution in [0, 0.1) is 0 Å². The van der Waals surface area contributed by atoms with Crippen molar-refractivity contribution in [2.45, 2.75) is 18.9 Å². The molecule has 1 amide bonds. The normalized spacial score (nSPS) is 18.5. The molecule has 0 unspecified atom stereocenters. The molecule has 0 bridgehead atoms. The average molecular weight is 194 g/mol. The molecule has 0 aromatic carbocycles. The lowest BCUT2D eigenvalue weighted by molar-refractivity contribution is 0.0709. The number of hydrogen-bond donors (Lipinski definition) is 2. The Kier molecular flexibility index (Phi) is 2.49. The summed E-state index contributed by atoms with van der Waals surface area (Å²) in [7, 11) is 0. The highest BCUT2D eigenvalue weighted by molar-refractivity contribution is 5.92. The molecular weight excluding hydrogens is 180 g/mol. The SMILES string of the molecule is NC1CCN(C(=O)c2ccn[nH]2)CC1. The summed E-state index contributed by atoms with van der Waals surface area (Å²) >= 11 is 0. The number of carbonyl (C=O) groups is 1. The van der Waals surface area contributed by atoms with E-state index in [1.54, 1.807) is 12.3 Å². The van der Waals surface area contributed by atoms with E-state index in [0.717, 1.165) is 25.9 Å². The number of amides is 1. The van der Waals surface area contributed by atoms with Crippen molar-refractivity contribution in [3.8, 4) is 0 Å². The number of nitrogens with one attached hydrogen (secondary N) is 1. The van der Waals surface area contributed by atoms with Gasteiger partial charge in [0.15, 0.2) is 0 Å². The Morgan fingerprint density at radius 3 is 2.86 bits per heavy atom. The predicted octanol–water partition coefficient (Wildman–Crippen LogP) is -0.0270. The maximum atomic E-state index is 11.8. The van der Waals surface area contributed by atoms with Crippen LogP contribution < -0.4 is 5.73 Å². The molecule has 1 saturated heterocycles. The van der Waals surface area contributed by atoms with Crippen LogP contribution in [0.3, 0.4) is 0 Å². The van der Waals surface area contributed by atoms with E-state index in [1.807, 2.05) is 4.90 Å². The summed E-state index contributed by atoms with van der Waals surface area (Å²) in [6, 6.07) is 1.94. The highest BCUT2D eigenvalue weighted by Gasteiger charge is 2.21. The van der Waals surface area contributed by atoms with E-state index in [9.17, 15) is 4.79 Å². The minimum atomic E-state index is 0.0226. The summed E-state index contributed by atoms with van der Waals surface area (Å²) in [6.45, 7) is 1.50. The van der Waals surface area contributed by atoms with Gasteiger partial charge >= 0.3 is 0 Å². The fourth-order valence-corrected chi connectivity index (χ4v) is 1.65. The molecule has 0 aliphatic carbocycles. The third-order valence-corrected chi connectivity index (χ3v) is 2.56. The summed E-state index contributed by atoms with van der Waals surface area (Å²) in [5, 5.41) is 6.43. The number of piperidine rings is 1. The van der Waals surface area contributed by atoms with Gasteiger partial charge in [0.05, 0.1) is 0 Å². The van der Waals surface area contributed by atoms with Crippen LogP contribution in [0.4, 0.5) is 0 Å². The first-order chi connectivity index (χ1) is 6.77. The quantitative estimate of drug-likeness (QED) is 0.659. The number of likely N-dealkylation sites (tertiary alicyclic amines) is 1. The van der Waals surface area contributed by atoms with Crippen molar-refractivity contribution < 1.29 is 4.79 Å². The van der Waals surface area contributed by atoms with E-state index in [4.69, 9.17) is 5.73 Å². The molecule has 1 aromatic rings. The number of carbonyl (C=O) groups excluding carboxylic acids is 1. The summed E-state index contributed by atoms with van der Waals surface area (Å²) in [4.78, 5) is 13.6. The molecule has 1 fully saturated rings. The third kappa shape index (κ3) is 1.77. The highest BCUT2D eigenvalue weighted by atomic mass is 16.2. The van der Waals surface area contributed by atoms with Crippen LogP contribution in [0.5, 0.6) is 0 Å². The molecule has 0 atom stereocenters. The Labute approximate surface area is 82.3 Å². The van der Waals surface area contributed by atoms with Crippen molar-refractivity contribution in [3.05, 3.63) is 18.0 Å². The molecule has 3 N–H and O–H groups in total. The van der Waals surface area contributed by atoms with Gasteiger partial charge in [-0.2, -0.15) is 5.10 Å². The number of aromatic amines is 1. The molecular formula is C9H14N4O.